The van der Waals surface area contributed by atoms with Gasteiger partial charge in [-0.2, -0.15) is 0 Å². The van der Waals surface area contributed by atoms with Crippen LogP contribution < -0.4 is 10.6 Å². The molecule has 0 aliphatic rings. The van der Waals surface area contributed by atoms with Crippen molar-refractivity contribution in [3.8, 4) is 0 Å². The molecule has 0 amide bonds. The molecule has 3 aromatic rings. The Balaban J connectivity index is 1.87. The third-order valence-electron chi connectivity index (χ3n) is 5.28. The summed E-state index contributed by atoms with van der Waals surface area (Å²) in [5.74, 6) is 2.66. The monoisotopic (exact) mass is 501 g/mol. The summed E-state index contributed by atoms with van der Waals surface area (Å²) in [6, 6.07) is 13.8. The predicted molar refractivity (Wildman–Crippen MR) is 131 cm³/mol. The van der Waals surface area contributed by atoms with E-state index in [-0.39, 0.29) is 6.04 Å². The van der Waals surface area contributed by atoms with Gasteiger partial charge in [0, 0.05) is 0 Å². The summed E-state index contributed by atoms with van der Waals surface area (Å²) in [5.41, 5.74) is 1.15. The molecule has 0 aliphatic carbocycles. The fraction of sp³-hybridized carbons (Fsp3) is 0.417. The first-order valence-corrected chi connectivity index (χ1v) is 13.9. The molecule has 0 fully saturated rings. The number of unbranched alkanes of at least 4 members (excludes halogenated alkanes) is 1. The van der Waals surface area contributed by atoms with Gasteiger partial charge in [0.1, 0.15) is 0 Å². The van der Waals surface area contributed by atoms with Gasteiger partial charge < -0.3 is 0 Å². The van der Waals surface area contributed by atoms with E-state index in [1.807, 2.05) is 12.1 Å². The van der Waals surface area contributed by atoms with Gasteiger partial charge in [0.05, 0.1) is 0 Å². The van der Waals surface area contributed by atoms with E-state index >= 15 is 0 Å². The Morgan fingerprint density at radius 1 is 1.06 bits per heavy atom. The van der Waals surface area contributed by atoms with E-state index in [1.165, 1.54) is 10.8 Å². The molecule has 1 heterocycles. The summed E-state index contributed by atoms with van der Waals surface area (Å²) < 4.78 is 0. The molecule has 1 unspecified atom stereocenters. The summed E-state index contributed by atoms with van der Waals surface area (Å²) in [4.78, 5) is 25.3. The van der Waals surface area contributed by atoms with E-state index in [0.29, 0.717) is 39.1 Å². The Labute approximate surface area is 195 Å². The molecule has 2 atom stereocenters. The zero-order valence-corrected chi connectivity index (χ0v) is 20.6. The molecule has 7 nitrogen and oxygen atoms in total. The first-order valence-electron chi connectivity index (χ1n) is 11.0. The number of fused-ring (bicyclic) bond motifs is 1. The van der Waals surface area contributed by atoms with Crippen LogP contribution in [0, 0.1) is 0 Å². The van der Waals surface area contributed by atoms with Gasteiger partial charge in [-0.05, 0) is 0 Å². The minimum atomic E-state index is -0.886. The molecule has 1 aromatic heterocycles. The van der Waals surface area contributed by atoms with Crippen LogP contribution in [0.3, 0.4) is 0 Å². The maximum absolute atomic E-state index is 11.7. The molecule has 3 N–H and O–H groups in total. The van der Waals surface area contributed by atoms with Crippen LogP contribution in [0.1, 0.15) is 50.5 Å². The zero-order valence-electron chi connectivity index (χ0n) is 18.8. The number of carboxylic acids is 1. The third kappa shape index (κ3) is 6.40. The summed E-state index contributed by atoms with van der Waals surface area (Å²) in [6.45, 7) is 4.20. The van der Waals surface area contributed by atoms with Crippen LogP contribution in [0.25, 0.3) is 10.8 Å². The van der Waals surface area contributed by atoms with Crippen molar-refractivity contribution in [3.63, 3.8) is 0 Å². The summed E-state index contributed by atoms with van der Waals surface area (Å²) >= 11 is 0.418. The number of aliphatic carboxylic acids is 1. The van der Waals surface area contributed by atoms with E-state index in [2.05, 4.69) is 75.6 Å². The van der Waals surface area contributed by atoms with Gasteiger partial charge in [-0.25, -0.2) is 0 Å². The quantitative estimate of drug-likeness (QED) is 0.302. The van der Waals surface area contributed by atoms with Gasteiger partial charge in [0.25, 0.3) is 0 Å². The number of nitrogens with zero attached hydrogens (tertiary/aromatic N) is 3. The Morgan fingerprint density at radius 2 is 1.78 bits per heavy atom. The molecular weight excluding hydrogens is 469 g/mol. The second-order valence-electron chi connectivity index (χ2n) is 7.75. The maximum atomic E-state index is 11.7. The van der Waals surface area contributed by atoms with Crippen molar-refractivity contribution >= 4 is 43.6 Å². The number of aryl methyl sites for hydroxylation is 1. The van der Waals surface area contributed by atoms with Crippen molar-refractivity contribution in [1.29, 1.82) is 0 Å². The number of hydrogen-bond donors (Lipinski definition) is 3. The van der Waals surface area contributed by atoms with E-state index in [1.54, 1.807) is 0 Å². The number of benzene rings is 2. The average Bonchev–Trinajstić information content (AvgIpc) is 2.79. The van der Waals surface area contributed by atoms with Crippen molar-refractivity contribution in [2.75, 3.05) is 10.6 Å². The van der Waals surface area contributed by atoms with Crippen LogP contribution >= 0.6 is 0 Å². The molecule has 0 bridgehead atoms. The van der Waals surface area contributed by atoms with E-state index < -0.39 is 12.0 Å². The van der Waals surface area contributed by atoms with Crippen LogP contribution in [0.2, 0.25) is 11.1 Å². The average molecular weight is 501 g/mol. The Bertz CT molecular complexity index is 1040. The molecule has 2 aromatic carbocycles. The Hall–Kier alpha value is -2.70. The Kier molecular flexibility index (Phi) is 8.82. The number of hydrogen-bond acceptors (Lipinski definition) is 6. The normalized spacial score (nSPS) is 13.0. The van der Waals surface area contributed by atoms with Crippen LogP contribution in [0.5, 0.6) is 0 Å². The van der Waals surface area contributed by atoms with E-state index in [4.69, 9.17) is 0 Å². The van der Waals surface area contributed by atoms with Crippen LogP contribution in [0.4, 0.5) is 11.9 Å². The van der Waals surface area contributed by atoms with Gasteiger partial charge in [-0.3, -0.25) is 0 Å². The molecule has 170 valence electrons. The molecule has 3 rings (SSSR count). The molecule has 0 saturated heterocycles. The summed E-state index contributed by atoms with van der Waals surface area (Å²) in [5, 5.41) is 19.3. The number of nitrogens with one attached hydrogen (secondary N) is 2. The molecular formula is C24H31N5O2Se. The van der Waals surface area contributed by atoms with Gasteiger partial charge in [-0.15, -0.1) is 0 Å². The molecule has 0 spiro atoms. The second-order valence-corrected chi connectivity index (χ2v) is 9.82. The number of carboxylic acid groups (broad SMARTS) is 1. The number of rotatable bonds is 12. The second kappa shape index (κ2) is 11.8. The SMILES string of the molecule is CCCCc1nc(NC(C)c2cccc3ccccc23)nc(N[C@H](CC[Se]C)C(=O)O)n1. The van der Waals surface area contributed by atoms with Gasteiger partial charge >= 0.3 is 171 Å². The number of aromatic nitrogens is 3. The van der Waals surface area contributed by atoms with Crippen LogP contribution in [0.15, 0.2) is 42.5 Å². The molecule has 0 aliphatic heterocycles. The van der Waals surface area contributed by atoms with Gasteiger partial charge in [-0.1, -0.05) is 24.3 Å². The topological polar surface area (TPSA) is 100 Å². The van der Waals surface area contributed by atoms with E-state index in [9.17, 15) is 9.90 Å². The summed E-state index contributed by atoms with van der Waals surface area (Å²) in [6.07, 6.45) is 3.26. The van der Waals surface area contributed by atoms with Crippen LogP contribution in [-0.4, -0.2) is 47.0 Å². The van der Waals surface area contributed by atoms with Gasteiger partial charge in [0.15, 0.2) is 0 Å². The molecule has 8 heteroatoms. The first kappa shape index (κ1) is 24.0. The first-order chi connectivity index (χ1) is 15.5. The minimum absolute atomic E-state index is 0.0339. The van der Waals surface area contributed by atoms with Crippen molar-refractivity contribution in [1.82, 2.24) is 15.0 Å². The van der Waals surface area contributed by atoms with Crippen LogP contribution in [-0.2, 0) is 11.2 Å². The van der Waals surface area contributed by atoms with Crippen molar-refractivity contribution in [3.05, 3.63) is 53.9 Å². The predicted octanol–water partition coefficient (Wildman–Crippen LogP) is 4.97. The van der Waals surface area contributed by atoms with Crippen molar-refractivity contribution in [2.45, 2.75) is 62.8 Å². The van der Waals surface area contributed by atoms with Crippen molar-refractivity contribution < 1.29 is 9.90 Å². The number of carbonyl (C=O) groups is 1. The Morgan fingerprint density at radius 3 is 2.50 bits per heavy atom. The molecule has 0 saturated carbocycles. The molecule has 32 heavy (non-hydrogen) atoms. The zero-order chi connectivity index (χ0) is 22.9. The standard InChI is InChI=1S/C24H31N5O2Se/c1-4-5-13-21-27-23(29-24(28-21)26-20(22(30)31)14-15-32-3)25-16(2)18-12-8-10-17-9-6-7-11-19(17)18/h6-12,16,20H,4-5,13-15H2,1-3H3,(H,30,31)(H2,25,26,27,28,29)/t16?,20-/m1/s1. The fourth-order valence-corrected chi connectivity index (χ4v) is 4.53. The fourth-order valence-electron chi connectivity index (χ4n) is 3.54. The number of anilines is 2. The summed E-state index contributed by atoms with van der Waals surface area (Å²) in [7, 11) is 0. The third-order valence-corrected chi connectivity index (χ3v) is 6.63. The van der Waals surface area contributed by atoms with E-state index in [0.717, 1.165) is 30.1 Å². The molecule has 0 radical (unpaired) electrons. The van der Waals surface area contributed by atoms with Gasteiger partial charge in [0.2, 0.25) is 0 Å². The van der Waals surface area contributed by atoms with Crippen molar-refractivity contribution in [2.24, 2.45) is 0 Å².